The zero-order valence-electron chi connectivity index (χ0n) is 10.3. The van der Waals surface area contributed by atoms with E-state index >= 15 is 0 Å². The van der Waals surface area contributed by atoms with Gasteiger partial charge in [0.25, 0.3) is 0 Å². The molecular formula is C12H16N4S2. The third kappa shape index (κ3) is 2.40. The summed E-state index contributed by atoms with van der Waals surface area (Å²) in [6.45, 7) is 1.01. The third-order valence-electron chi connectivity index (χ3n) is 3.13. The minimum atomic E-state index is 0.688. The topological polar surface area (TPSA) is 49.8 Å². The van der Waals surface area contributed by atoms with Gasteiger partial charge in [-0.3, -0.25) is 0 Å². The first-order valence-corrected chi connectivity index (χ1v) is 8.15. The van der Waals surface area contributed by atoms with Gasteiger partial charge in [-0.15, -0.1) is 11.3 Å². The van der Waals surface area contributed by atoms with Crippen molar-refractivity contribution in [1.82, 2.24) is 9.97 Å². The summed E-state index contributed by atoms with van der Waals surface area (Å²) < 4.78 is 0. The van der Waals surface area contributed by atoms with Gasteiger partial charge in [0.15, 0.2) is 0 Å². The monoisotopic (exact) mass is 280 g/mol. The van der Waals surface area contributed by atoms with Crippen LogP contribution in [0.15, 0.2) is 11.4 Å². The molecule has 96 valence electrons. The molecule has 0 amide bonds. The number of rotatable bonds is 4. The Balaban J connectivity index is 1.82. The Labute approximate surface area is 115 Å². The Morgan fingerprint density at radius 3 is 3.17 bits per heavy atom. The van der Waals surface area contributed by atoms with Crippen molar-refractivity contribution in [3.63, 3.8) is 0 Å². The number of hydrogen-bond donors (Lipinski definition) is 2. The minimum Gasteiger partial charge on any atom is -0.369 e. The Kier molecular flexibility index (Phi) is 3.56. The highest BCUT2D eigenvalue weighted by Crippen LogP contribution is 2.28. The average molecular weight is 280 g/mol. The van der Waals surface area contributed by atoms with E-state index in [2.05, 4.69) is 32.0 Å². The first kappa shape index (κ1) is 12.0. The summed E-state index contributed by atoms with van der Waals surface area (Å²) in [6, 6.07) is 2.09. The van der Waals surface area contributed by atoms with Crippen LogP contribution in [0.25, 0.3) is 10.2 Å². The van der Waals surface area contributed by atoms with Gasteiger partial charge in [-0.2, -0.15) is 16.7 Å². The van der Waals surface area contributed by atoms with Crippen molar-refractivity contribution in [3.8, 4) is 0 Å². The number of anilines is 2. The molecule has 1 saturated heterocycles. The summed E-state index contributed by atoms with van der Waals surface area (Å²) in [6.07, 6.45) is 1.31. The maximum atomic E-state index is 4.52. The molecule has 3 rings (SSSR count). The smallest absolute Gasteiger partial charge is 0.225 e. The molecule has 0 aromatic carbocycles. The molecule has 2 aromatic rings. The molecule has 18 heavy (non-hydrogen) atoms. The van der Waals surface area contributed by atoms with Crippen LogP contribution >= 0.6 is 23.1 Å². The summed E-state index contributed by atoms with van der Waals surface area (Å²) in [5.41, 5.74) is 0. The van der Waals surface area contributed by atoms with Gasteiger partial charge in [0.1, 0.15) is 10.6 Å². The summed E-state index contributed by atoms with van der Waals surface area (Å²) in [5, 5.41) is 9.70. The number of hydrogen-bond acceptors (Lipinski definition) is 6. The predicted octanol–water partition coefficient (Wildman–Crippen LogP) is 2.90. The first-order chi connectivity index (χ1) is 8.86. The van der Waals surface area contributed by atoms with Crippen molar-refractivity contribution >= 4 is 45.1 Å². The van der Waals surface area contributed by atoms with Gasteiger partial charge in [0.2, 0.25) is 5.95 Å². The van der Waals surface area contributed by atoms with Gasteiger partial charge in [-0.1, -0.05) is 0 Å². The van der Waals surface area contributed by atoms with Crippen molar-refractivity contribution in [3.05, 3.63) is 11.4 Å². The van der Waals surface area contributed by atoms with Crippen LogP contribution < -0.4 is 10.6 Å². The summed E-state index contributed by atoms with van der Waals surface area (Å²) in [5.74, 6) is 4.99. The third-order valence-corrected chi connectivity index (χ3v) is 5.17. The molecule has 4 nitrogen and oxygen atoms in total. The molecule has 1 unspecified atom stereocenters. The highest BCUT2D eigenvalue weighted by Gasteiger charge is 2.16. The molecule has 1 aliphatic heterocycles. The van der Waals surface area contributed by atoms with E-state index in [1.165, 1.54) is 17.9 Å². The Hall–Kier alpha value is -1.01. The van der Waals surface area contributed by atoms with Crippen LogP contribution in [0.3, 0.4) is 0 Å². The van der Waals surface area contributed by atoms with Crippen LogP contribution in [0.1, 0.15) is 6.42 Å². The van der Waals surface area contributed by atoms with Crippen LogP contribution in [0.2, 0.25) is 0 Å². The first-order valence-electron chi connectivity index (χ1n) is 6.11. The molecule has 1 aliphatic rings. The summed E-state index contributed by atoms with van der Waals surface area (Å²) in [4.78, 5) is 10.0. The molecule has 6 heteroatoms. The van der Waals surface area contributed by atoms with Crippen LogP contribution in [-0.2, 0) is 0 Å². The number of aromatic nitrogens is 2. The second kappa shape index (κ2) is 5.32. The zero-order chi connectivity index (χ0) is 12.4. The van der Waals surface area contributed by atoms with Crippen LogP contribution in [-0.4, -0.2) is 35.1 Å². The van der Waals surface area contributed by atoms with Gasteiger partial charge in [-0.25, -0.2) is 4.98 Å². The van der Waals surface area contributed by atoms with Crippen LogP contribution in [0.5, 0.6) is 0 Å². The fourth-order valence-corrected chi connectivity index (χ4v) is 4.14. The maximum Gasteiger partial charge on any atom is 0.225 e. The van der Waals surface area contributed by atoms with Gasteiger partial charge in [0.05, 0.1) is 5.39 Å². The second-order valence-electron chi connectivity index (χ2n) is 4.40. The van der Waals surface area contributed by atoms with Crippen LogP contribution in [0, 0.1) is 5.92 Å². The second-order valence-corrected chi connectivity index (χ2v) is 6.44. The largest absolute Gasteiger partial charge is 0.369 e. The van der Waals surface area contributed by atoms with Crippen molar-refractivity contribution in [1.29, 1.82) is 0 Å². The average Bonchev–Trinajstić information content (AvgIpc) is 3.06. The SMILES string of the molecule is CNc1nc(NCC2CCSC2)c2ccsc2n1. The Bertz CT molecular complexity index is 534. The number of nitrogens with one attached hydrogen (secondary N) is 2. The quantitative estimate of drug-likeness (QED) is 0.902. The molecule has 0 radical (unpaired) electrons. The predicted molar refractivity (Wildman–Crippen MR) is 80.9 cm³/mol. The molecule has 3 heterocycles. The lowest BCUT2D eigenvalue weighted by Crippen LogP contribution is -2.15. The van der Waals surface area contributed by atoms with E-state index < -0.39 is 0 Å². The minimum absolute atomic E-state index is 0.688. The number of thiophene rings is 1. The highest BCUT2D eigenvalue weighted by atomic mass is 32.2. The molecule has 1 atom stereocenters. The maximum absolute atomic E-state index is 4.52. The van der Waals surface area contributed by atoms with Crippen molar-refractivity contribution in [2.45, 2.75) is 6.42 Å². The molecule has 1 fully saturated rings. The molecule has 0 aliphatic carbocycles. The molecular weight excluding hydrogens is 264 g/mol. The molecule has 2 aromatic heterocycles. The van der Waals surface area contributed by atoms with Crippen LogP contribution in [0.4, 0.5) is 11.8 Å². The standard InChI is InChI=1S/C12H16N4S2/c1-13-12-15-10(9-3-5-18-11(9)16-12)14-6-8-2-4-17-7-8/h3,5,8H,2,4,6-7H2,1H3,(H2,13,14,15,16). The molecule has 0 spiro atoms. The summed E-state index contributed by atoms with van der Waals surface area (Å²) >= 11 is 3.70. The van der Waals surface area contributed by atoms with Gasteiger partial charge in [-0.05, 0) is 35.3 Å². The van der Waals surface area contributed by atoms with E-state index in [1.54, 1.807) is 11.3 Å². The van der Waals surface area contributed by atoms with E-state index in [0.29, 0.717) is 5.95 Å². The lowest BCUT2D eigenvalue weighted by molar-refractivity contribution is 0.631. The number of thioether (sulfide) groups is 1. The zero-order valence-corrected chi connectivity index (χ0v) is 11.9. The number of nitrogens with zero attached hydrogens (tertiary/aromatic N) is 2. The van der Waals surface area contributed by atoms with Crippen molar-refractivity contribution < 1.29 is 0 Å². The van der Waals surface area contributed by atoms with Crippen molar-refractivity contribution in [2.75, 3.05) is 35.7 Å². The molecule has 2 N–H and O–H groups in total. The number of fused-ring (bicyclic) bond motifs is 1. The van der Waals surface area contributed by atoms with Gasteiger partial charge >= 0.3 is 0 Å². The van der Waals surface area contributed by atoms with E-state index in [0.717, 1.165) is 28.5 Å². The lowest BCUT2D eigenvalue weighted by atomic mass is 10.1. The van der Waals surface area contributed by atoms with Crippen molar-refractivity contribution in [2.24, 2.45) is 5.92 Å². The molecule has 0 saturated carbocycles. The van der Waals surface area contributed by atoms with Gasteiger partial charge in [0, 0.05) is 13.6 Å². The van der Waals surface area contributed by atoms with E-state index in [1.807, 2.05) is 18.8 Å². The van der Waals surface area contributed by atoms with E-state index in [4.69, 9.17) is 0 Å². The fourth-order valence-electron chi connectivity index (χ4n) is 2.09. The summed E-state index contributed by atoms with van der Waals surface area (Å²) in [7, 11) is 1.85. The Morgan fingerprint density at radius 2 is 2.39 bits per heavy atom. The normalized spacial score (nSPS) is 19.3. The highest BCUT2D eigenvalue weighted by molar-refractivity contribution is 7.99. The van der Waals surface area contributed by atoms with E-state index in [-0.39, 0.29) is 0 Å². The lowest BCUT2D eigenvalue weighted by Gasteiger charge is -2.12. The Morgan fingerprint density at radius 1 is 1.44 bits per heavy atom. The van der Waals surface area contributed by atoms with Gasteiger partial charge < -0.3 is 10.6 Å². The fraction of sp³-hybridized carbons (Fsp3) is 0.500. The molecule has 0 bridgehead atoms. The van der Waals surface area contributed by atoms with E-state index in [9.17, 15) is 0 Å².